The van der Waals surface area contributed by atoms with E-state index < -0.39 is 0 Å². The smallest absolute Gasteiger partial charge is 0.242 e. The maximum atomic E-state index is 12.8. The second-order valence-electron chi connectivity index (χ2n) is 6.13. The molecule has 3 heterocycles. The number of rotatable bonds is 7. The van der Waals surface area contributed by atoms with Gasteiger partial charge in [0.25, 0.3) is 0 Å². The van der Waals surface area contributed by atoms with Crippen molar-refractivity contribution in [3.05, 3.63) is 46.2 Å². The van der Waals surface area contributed by atoms with Crippen LogP contribution in [0.25, 0.3) is 0 Å². The van der Waals surface area contributed by atoms with Gasteiger partial charge in [-0.25, -0.2) is 4.98 Å². The van der Waals surface area contributed by atoms with Gasteiger partial charge in [-0.3, -0.25) is 14.7 Å². The van der Waals surface area contributed by atoms with Gasteiger partial charge in [0.05, 0.1) is 17.2 Å². The number of amides is 1. The standard InChI is InChI=1S/C18H24N4OS/c1-2-6-16-21-15(13-24-16)12-20-18(23)17(22-9-3-4-10-22)14-7-5-8-19-11-14/h5,7-8,11,13,17H,2-4,6,9-10,12H2,1H3,(H,20,23). The molecule has 1 aliphatic heterocycles. The van der Waals surface area contributed by atoms with Gasteiger partial charge in [-0.05, 0) is 50.4 Å². The number of aromatic nitrogens is 2. The fourth-order valence-corrected chi connectivity index (χ4v) is 4.00. The lowest BCUT2D eigenvalue weighted by atomic mass is 10.1. The quantitative estimate of drug-likeness (QED) is 0.839. The van der Waals surface area contributed by atoms with Crippen molar-refractivity contribution in [3.8, 4) is 0 Å². The van der Waals surface area contributed by atoms with Gasteiger partial charge >= 0.3 is 0 Å². The minimum absolute atomic E-state index is 0.0370. The fraction of sp³-hybridized carbons (Fsp3) is 0.500. The van der Waals surface area contributed by atoms with Crippen LogP contribution in [0.15, 0.2) is 29.9 Å². The van der Waals surface area contributed by atoms with Crippen LogP contribution in [0, 0.1) is 0 Å². The summed E-state index contributed by atoms with van der Waals surface area (Å²) >= 11 is 1.67. The summed E-state index contributed by atoms with van der Waals surface area (Å²) in [6.45, 7) is 4.57. The fourth-order valence-electron chi connectivity index (χ4n) is 3.10. The maximum absolute atomic E-state index is 12.8. The third kappa shape index (κ3) is 4.19. The molecule has 0 aromatic carbocycles. The van der Waals surface area contributed by atoms with Crippen molar-refractivity contribution in [2.45, 2.75) is 45.2 Å². The summed E-state index contributed by atoms with van der Waals surface area (Å²) in [5.74, 6) is 0.0370. The van der Waals surface area contributed by atoms with Crippen LogP contribution in [0.2, 0.25) is 0 Å². The molecule has 24 heavy (non-hydrogen) atoms. The van der Waals surface area contributed by atoms with Crippen molar-refractivity contribution in [1.82, 2.24) is 20.2 Å². The van der Waals surface area contributed by atoms with E-state index in [0.717, 1.165) is 55.0 Å². The van der Waals surface area contributed by atoms with Gasteiger partial charge in [-0.15, -0.1) is 11.3 Å². The maximum Gasteiger partial charge on any atom is 0.242 e. The number of carbonyl (C=O) groups is 1. The molecule has 1 aliphatic rings. The van der Waals surface area contributed by atoms with Gasteiger partial charge in [-0.2, -0.15) is 0 Å². The van der Waals surface area contributed by atoms with Crippen LogP contribution in [-0.2, 0) is 17.8 Å². The van der Waals surface area contributed by atoms with Gasteiger partial charge in [0, 0.05) is 17.8 Å². The van der Waals surface area contributed by atoms with Crippen LogP contribution in [0.3, 0.4) is 0 Å². The molecule has 0 radical (unpaired) electrons. The molecule has 2 aromatic heterocycles. The molecule has 2 aromatic rings. The first kappa shape index (κ1) is 17.0. The van der Waals surface area contributed by atoms with E-state index in [1.807, 2.05) is 17.5 Å². The summed E-state index contributed by atoms with van der Waals surface area (Å²) in [4.78, 5) is 23.8. The number of carbonyl (C=O) groups excluding carboxylic acids is 1. The highest BCUT2D eigenvalue weighted by molar-refractivity contribution is 7.09. The van der Waals surface area contributed by atoms with Crippen molar-refractivity contribution in [2.24, 2.45) is 0 Å². The first-order chi connectivity index (χ1) is 11.8. The van der Waals surface area contributed by atoms with Crippen molar-refractivity contribution in [1.29, 1.82) is 0 Å². The molecule has 1 saturated heterocycles. The molecule has 0 spiro atoms. The Bertz CT molecular complexity index is 652. The first-order valence-corrected chi connectivity index (χ1v) is 9.51. The van der Waals surface area contributed by atoms with E-state index in [9.17, 15) is 4.79 Å². The Balaban J connectivity index is 1.66. The highest BCUT2D eigenvalue weighted by Gasteiger charge is 2.29. The van der Waals surface area contributed by atoms with E-state index in [4.69, 9.17) is 0 Å². The zero-order valence-corrected chi connectivity index (χ0v) is 14.9. The Hall–Kier alpha value is -1.79. The van der Waals surface area contributed by atoms with Crippen molar-refractivity contribution in [3.63, 3.8) is 0 Å². The van der Waals surface area contributed by atoms with Crippen LogP contribution < -0.4 is 5.32 Å². The number of hydrogen-bond donors (Lipinski definition) is 1. The molecule has 1 unspecified atom stereocenters. The monoisotopic (exact) mass is 344 g/mol. The summed E-state index contributed by atoms with van der Waals surface area (Å²) in [6.07, 6.45) is 7.94. The SMILES string of the molecule is CCCc1nc(CNC(=O)C(c2cccnc2)N2CCCC2)cs1. The van der Waals surface area contributed by atoms with Crippen molar-refractivity contribution >= 4 is 17.2 Å². The Morgan fingerprint density at radius 1 is 1.42 bits per heavy atom. The lowest BCUT2D eigenvalue weighted by molar-refractivity contribution is -0.126. The predicted octanol–water partition coefficient (Wildman–Crippen LogP) is 2.94. The van der Waals surface area contributed by atoms with Gasteiger partial charge in [0.15, 0.2) is 0 Å². The normalized spacial score (nSPS) is 16.2. The van der Waals surface area contributed by atoms with E-state index in [2.05, 4.69) is 27.1 Å². The molecule has 6 heteroatoms. The van der Waals surface area contributed by atoms with E-state index >= 15 is 0 Å². The van der Waals surface area contributed by atoms with Gasteiger partial charge in [-0.1, -0.05) is 13.0 Å². The van der Waals surface area contributed by atoms with Crippen LogP contribution in [0.1, 0.15) is 48.5 Å². The Morgan fingerprint density at radius 2 is 2.25 bits per heavy atom. The molecule has 128 valence electrons. The molecule has 1 N–H and O–H groups in total. The summed E-state index contributed by atoms with van der Waals surface area (Å²) in [5.41, 5.74) is 1.91. The summed E-state index contributed by atoms with van der Waals surface area (Å²) in [6, 6.07) is 3.62. The van der Waals surface area contributed by atoms with Crippen LogP contribution in [-0.4, -0.2) is 33.9 Å². The largest absolute Gasteiger partial charge is 0.349 e. The van der Waals surface area contributed by atoms with E-state index in [1.54, 1.807) is 23.7 Å². The average Bonchev–Trinajstić information content (AvgIpc) is 3.27. The average molecular weight is 344 g/mol. The zero-order valence-electron chi connectivity index (χ0n) is 14.1. The van der Waals surface area contributed by atoms with E-state index in [0.29, 0.717) is 6.54 Å². The zero-order chi connectivity index (χ0) is 16.8. The third-order valence-electron chi connectivity index (χ3n) is 4.26. The van der Waals surface area contributed by atoms with E-state index in [1.165, 1.54) is 0 Å². The first-order valence-electron chi connectivity index (χ1n) is 8.63. The molecular weight excluding hydrogens is 320 g/mol. The second-order valence-corrected chi connectivity index (χ2v) is 7.08. The van der Waals surface area contributed by atoms with Gasteiger partial charge in [0.2, 0.25) is 5.91 Å². The molecule has 1 amide bonds. The molecule has 0 bridgehead atoms. The summed E-state index contributed by atoms with van der Waals surface area (Å²) in [7, 11) is 0. The summed E-state index contributed by atoms with van der Waals surface area (Å²) in [5, 5.41) is 6.25. The van der Waals surface area contributed by atoms with Crippen LogP contribution in [0.4, 0.5) is 0 Å². The number of pyridine rings is 1. The minimum Gasteiger partial charge on any atom is -0.349 e. The Labute approximate surface area is 147 Å². The molecular formula is C18H24N4OS. The lowest BCUT2D eigenvalue weighted by Gasteiger charge is -2.26. The van der Waals surface area contributed by atoms with Gasteiger partial charge in [0.1, 0.15) is 6.04 Å². The number of aryl methyl sites for hydroxylation is 1. The van der Waals surface area contributed by atoms with Crippen molar-refractivity contribution < 1.29 is 4.79 Å². The topological polar surface area (TPSA) is 58.1 Å². The molecule has 1 fully saturated rings. The summed E-state index contributed by atoms with van der Waals surface area (Å²) < 4.78 is 0. The Morgan fingerprint density at radius 3 is 2.96 bits per heavy atom. The highest BCUT2D eigenvalue weighted by Crippen LogP contribution is 2.25. The molecule has 3 rings (SSSR count). The number of likely N-dealkylation sites (tertiary alicyclic amines) is 1. The van der Waals surface area contributed by atoms with Crippen LogP contribution >= 0.6 is 11.3 Å². The van der Waals surface area contributed by atoms with E-state index in [-0.39, 0.29) is 11.9 Å². The molecule has 1 atom stereocenters. The molecule has 0 aliphatic carbocycles. The minimum atomic E-state index is -0.255. The number of thiazole rings is 1. The highest BCUT2D eigenvalue weighted by atomic mass is 32.1. The Kier molecular flexibility index (Phi) is 5.93. The van der Waals surface area contributed by atoms with Crippen molar-refractivity contribution in [2.75, 3.05) is 13.1 Å². The van der Waals surface area contributed by atoms with Crippen LogP contribution in [0.5, 0.6) is 0 Å². The second kappa shape index (κ2) is 8.35. The molecule has 0 saturated carbocycles. The number of nitrogens with one attached hydrogen (secondary N) is 1. The lowest BCUT2D eigenvalue weighted by Crippen LogP contribution is -2.39. The third-order valence-corrected chi connectivity index (χ3v) is 5.22. The number of hydrogen-bond acceptors (Lipinski definition) is 5. The van der Waals surface area contributed by atoms with Gasteiger partial charge < -0.3 is 5.32 Å². The number of nitrogens with zero attached hydrogens (tertiary/aromatic N) is 3. The molecule has 5 nitrogen and oxygen atoms in total. The predicted molar refractivity (Wildman–Crippen MR) is 95.7 cm³/mol.